The van der Waals surface area contributed by atoms with Gasteiger partial charge in [-0.2, -0.15) is 0 Å². The molecule has 0 spiro atoms. The SMILES string of the molecule is Cc1c2nc(C(=O)O)cc(OCCOCCOCCN)c2cc2c(=O)cc(C(=O)O)[nH]c12. The molecular weight excluding hydrogens is 422 g/mol. The number of hydrogen-bond acceptors (Lipinski definition) is 8. The molecule has 0 aliphatic heterocycles. The number of carboxylic acid groups (broad SMARTS) is 2. The van der Waals surface area contributed by atoms with Crippen LogP contribution in [0.5, 0.6) is 5.75 Å². The Kier molecular flexibility index (Phi) is 7.36. The lowest BCUT2D eigenvalue weighted by atomic mass is 10.0. The first-order valence-electron chi connectivity index (χ1n) is 9.79. The molecule has 3 aromatic rings. The molecule has 11 heteroatoms. The van der Waals surface area contributed by atoms with E-state index in [-0.39, 0.29) is 46.8 Å². The smallest absolute Gasteiger partial charge is 0.354 e. The Labute approximate surface area is 181 Å². The molecule has 11 nitrogen and oxygen atoms in total. The van der Waals surface area contributed by atoms with Crippen LogP contribution in [0.2, 0.25) is 0 Å². The third kappa shape index (κ3) is 5.02. The molecule has 0 bridgehead atoms. The Hall–Kier alpha value is -3.54. The summed E-state index contributed by atoms with van der Waals surface area (Å²) in [4.78, 5) is 42.3. The summed E-state index contributed by atoms with van der Waals surface area (Å²) in [5, 5.41) is 19.3. The first kappa shape index (κ1) is 23.1. The van der Waals surface area contributed by atoms with E-state index in [9.17, 15) is 24.6 Å². The average molecular weight is 445 g/mol. The Morgan fingerprint density at radius 1 is 1.00 bits per heavy atom. The van der Waals surface area contributed by atoms with Gasteiger partial charge in [0.2, 0.25) is 0 Å². The number of carboxylic acids is 2. The Bertz CT molecular complexity index is 1220. The summed E-state index contributed by atoms with van der Waals surface area (Å²) < 4.78 is 16.4. The fourth-order valence-electron chi connectivity index (χ4n) is 3.19. The molecule has 32 heavy (non-hydrogen) atoms. The zero-order chi connectivity index (χ0) is 23.3. The Morgan fingerprint density at radius 2 is 1.69 bits per heavy atom. The van der Waals surface area contributed by atoms with Crippen molar-refractivity contribution >= 4 is 33.7 Å². The predicted molar refractivity (Wildman–Crippen MR) is 115 cm³/mol. The van der Waals surface area contributed by atoms with E-state index in [4.69, 9.17) is 19.9 Å². The summed E-state index contributed by atoms with van der Waals surface area (Å²) in [6.45, 7) is 3.60. The van der Waals surface area contributed by atoms with E-state index in [1.807, 2.05) is 0 Å². The number of hydrogen-bond donors (Lipinski definition) is 4. The summed E-state index contributed by atoms with van der Waals surface area (Å²) in [7, 11) is 0. The van der Waals surface area contributed by atoms with E-state index in [1.54, 1.807) is 6.92 Å². The number of aromatic nitrogens is 2. The van der Waals surface area contributed by atoms with Crippen molar-refractivity contribution in [3.05, 3.63) is 45.4 Å². The van der Waals surface area contributed by atoms with Gasteiger partial charge in [0.25, 0.3) is 0 Å². The highest BCUT2D eigenvalue weighted by Crippen LogP contribution is 2.31. The van der Waals surface area contributed by atoms with Crippen LogP contribution in [0.15, 0.2) is 23.0 Å². The van der Waals surface area contributed by atoms with Crippen LogP contribution in [0.3, 0.4) is 0 Å². The van der Waals surface area contributed by atoms with Gasteiger partial charge in [-0.05, 0) is 18.6 Å². The molecule has 0 aliphatic carbocycles. The van der Waals surface area contributed by atoms with Gasteiger partial charge in [0, 0.05) is 29.4 Å². The molecule has 170 valence electrons. The lowest BCUT2D eigenvalue weighted by Crippen LogP contribution is -2.14. The monoisotopic (exact) mass is 445 g/mol. The van der Waals surface area contributed by atoms with Gasteiger partial charge in [0.1, 0.15) is 18.1 Å². The Morgan fingerprint density at radius 3 is 2.34 bits per heavy atom. The third-order valence-electron chi connectivity index (χ3n) is 4.68. The van der Waals surface area contributed by atoms with Gasteiger partial charge >= 0.3 is 11.9 Å². The lowest BCUT2D eigenvalue weighted by Gasteiger charge is -2.14. The summed E-state index contributed by atoms with van der Waals surface area (Å²) in [5.41, 5.74) is 5.29. The van der Waals surface area contributed by atoms with Crippen molar-refractivity contribution in [1.29, 1.82) is 0 Å². The number of carbonyl (C=O) groups is 2. The second-order valence-corrected chi connectivity index (χ2v) is 6.85. The van der Waals surface area contributed by atoms with E-state index >= 15 is 0 Å². The summed E-state index contributed by atoms with van der Waals surface area (Å²) >= 11 is 0. The largest absolute Gasteiger partial charge is 0.490 e. The summed E-state index contributed by atoms with van der Waals surface area (Å²) in [6.07, 6.45) is 0. The van der Waals surface area contributed by atoms with Gasteiger partial charge in [-0.3, -0.25) is 4.79 Å². The van der Waals surface area contributed by atoms with E-state index in [0.29, 0.717) is 37.3 Å². The molecule has 3 rings (SSSR count). The number of H-pyrrole nitrogens is 1. The molecule has 2 aromatic heterocycles. The van der Waals surface area contributed by atoms with Crippen molar-refractivity contribution in [2.45, 2.75) is 6.92 Å². The van der Waals surface area contributed by atoms with E-state index in [2.05, 4.69) is 9.97 Å². The molecule has 2 heterocycles. The van der Waals surface area contributed by atoms with Crippen molar-refractivity contribution in [3.8, 4) is 5.75 Å². The summed E-state index contributed by atoms with van der Waals surface area (Å²) in [5.74, 6) is -2.31. The standard InChI is InChI=1S/C21H23N3O8/c1-11-18-12(16(25)9-14(23-18)20(26)27)8-13-17(10-15(21(28)29)24-19(11)13)32-7-6-31-5-4-30-3-2-22/h8-10H,2-7,22H2,1H3,(H,23,25)(H,26,27)(H,28,29). The molecular formula is C21H23N3O8. The number of aromatic amines is 1. The quantitative estimate of drug-likeness (QED) is 0.247. The molecule has 0 unspecified atom stereocenters. The predicted octanol–water partition coefficient (Wildman–Crippen LogP) is 1.15. The normalized spacial score (nSPS) is 11.2. The van der Waals surface area contributed by atoms with Gasteiger partial charge in [-0.15, -0.1) is 0 Å². The molecule has 0 atom stereocenters. The highest BCUT2D eigenvalue weighted by atomic mass is 16.5. The number of rotatable bonds is 11. The highest BCUT2D eigenvalue weighted by molar-refractivity contribution is 6.03. The number of ether oxygens (including phenoxy) is 3. The highest BCUT2D eigenvalue weighted by Gasteiger charge is 2.18. The molecule has 0 saturated heterocycles. The first-order chi connectivity index (χ1) is 15.3. The van der Waals surface area contributed by atoms with Crippen LogP contribution in [0.1, 0.15) is 26.5 Å². The molecule has 1 aromatic carbocycles. The van der Waals surface area contributed by atoms with Crippen LogP contribution < -0.4 is 15.9 Å². The molecule has 0 aliphatic rings. The third-order valence-corrected chi connectivity index (χ3v) is 4.68. The fourth-order valence-corrected chi connectivity index (χ4v) is 3.19. The van der Waals surface area contributed by atoms with E-state index in [0.717, 1.165) is 6.07 Å². The zero-order valence-corrected chi connectivity index (χ0v) is 17.3. The molecule has 5 N–H and O–H groups in total. The van der Waals surface area contributed by atoms with Crippen LogP contribution in [-0.2, 0) is 9.47 Å². The number of nitrogens with one attached hydrogen (secondary N) is 1. The minimum atomic E-state index is -1.28. The van der Waals surface area contributed by atoms with Crippen molar-refractivity contribution in [1.82, 2.24) is 9.97 Å². The number of nitrogens with two attached hydrogens (primary N) is 1. The van der Waals surface area contributed by atoms with Crippen molar-refractivity contribution in [2.24, 2.45) is 5.73 Å². The maximum absolute atomic E-state index is 12.5. The molecule has 0 radical (unpaired) electrons. The number of aryl methyl sites for hydroxylation is 1. The maximum atomic E-state index is 12.5. The topological polar surface area (TPSA) is 174 Å². The lowest BCUT2D eigenvalue weighted by molar-refractivity contribution is 0.0389. The van der Waals surface area contributed by atoms with Crippen molar-refractivity contribution in [2.75, 3.05) is 39.6 Å². The van der Waals surface area contributed by atoms with Crippen molar-refractivity contribution < 1.29 is 34.0 Å². The van der Waals surface area contributed by atoms with Crippen LogP contribution in [0, 0.1) is 6.92 Å². The van der Waals surface area contributed by atoms with Crippen LogP contribution in [0.25, 0.3) is 21.8 Å². The number of fused-ring (bicyclic) bond motifs is 2. The second kappa shape index (κ2) is 10.2. The van der Waals surface area contributed by atoms with Gasteiger partial charge < -0.3 is 35.1 Å². The minimum Gasteiger partial charge on any atom is -0.490 e. The minimum absolute atomic E-state index is 0.125. The van der Waals surface area contributed by atoms with E-state index in [1.165, 1.54) is 12.1 Å². The molecule has 0 fully saturated rings. The fraction of sp³-hybridized carbons (Fsp3) is 0.333. The van der Waals surface area contributed by atoms with Gasteiger partial charge in [-0.1, -0.05) is 0 Å². The first-order valence-corrected chi connectivity index (χ1v) is 9.79. The number of pyridine rings is 2. The van der Waals surface area contributed by atoms with Crippen LogP contribution in [0.4, 0.5) is 0 Å². The summed E-state index contributed by atoms with van der Waals surface area (Å²) in [6, 6.07) is 3.79. The van der Waals surface area contributed by atoms with Gasteiger partial charge in [-0.25, -0.2) is 14.6 Å². The number of benzene rings is 1. The average Bonchev–Trinajstić information content (AvgIpc) is 2.76. The molecule has 0 amide bonds. The second-order valence-electron chi connectivity index (χ2n) is 6.85. The van der Waals surface area contributed by atoms with Crippen LogP contribution in [-0.4, -0.2) is 71.7 Å². The van der Waals surface area contributed by atoms with Crippen LogP contribution >= 0.6 is 0 Å². The van der Waals surface area contributed by atoms with E-state index < -0.39 is 17.4 Å². The van der Waals surface area contributed by atoms with Gasteiger partial charge in [0.15, 0.2) is 11.1 Å². The molecule has 0 saturated carbocycles. The Balaban J connectivity index is 1.96. The number of aromatic carboxylic acids is 2. The van der Waals surface area contributed by atoms with Crippen molar-refractivity contribution in [3.63, 3.8) is 0 Å². The zero-order valence-electron chi connectivity index (χ0n) is 17.3. The van der Waals surface area contributed by atoms with Gasteiger partial charge in [0.05, 0.1) is 37.5 Å². The number of nitrogens with zero attached hydrogens (tertiary/aromatic N) is 1. The maximum Gasteiger partial charge on any atom is 0.354 e.